The SMILES string of the molecule is COc1cccc(CN(CCBr)CC(F)F)c1F. The molecule has 0 aliphatic rings. The molecule has 0 bridgehead atoms. The Morgan fingerprint density at radius 2 is 2.11 bits per heavy atom. The van der Waals surface area contributed by atoms with Crippen molar-refractivity contribution in [2.45, 2.75) is 13.0 Å². The lowest BCUT2D eigenvalue weighted by Gasteiger charge is -2.21. The van der Waals surface area contributed by atoms with Crippen molar-refractivity contribution in [3.63, 3.8) is 0 Å². The first kappa shape index (κ1) is 15.3. The van der Waals surface area contributed by atoms with E-state index in [1.54, 1.807) is 12.1 Å². The molecule has 0 heterocycles. The van der Waals surface area contributed by atoms with Crippen LogP contribution in [0, 0.1) is 5.82 Å². The summed E-state index contributed by atoms with van der Waals surface area (Å²) in [5.74, 6) is -0.364. The second-order valence-corrected chi connectivity index (χ2v) is 4.54. The normalized spacial score (nSPS) is 11.3. The minimum atomic E-state index is -2.43. The summed E-state index contributed by atoms with van der Waals surface area (Å²) in [6.07, 6.45) is -2.43. The van der Waals surface area contributed by atoms with Gasteiger partial charge in [-0.05, 0) is 6.07 Å². The van der Waals surface area contributed by atoms with Crippen LogP contribution in [0.15, 0.2) is 18.2 Å². The zero-order valence-corrected chi connectivity index (χ0v) is 11.6. The van der Waals surface area contributed by atoms with Crippen LogP contribution in [0.25, 0.3) is 0 Å². The summed E-state index contributed by atoms with van der Waals surface area (Å²) in [6.45, 7) is 0.197. The molecular formula is C12H15BrF3NO. The zero-order valence-electron chi connectivity index (χ0n) is 10.0. The first-order chi connectivity index (χ1) is 8.58. The molecule has 6 heteroatoms. The summed E-state index contributed by atoms with van der Waals surface area (Å²) >= 11 is 3.19. The Morgan fingerprint density at radius 3 is 2.67 bits per heavy atom. The third-order valence-electron chi connectivity index (χ3n) is 2.45. The molecule has 0 saturated heterocycles. The molecule has 0 unspecified atom stereocenters. The van der Waals surface area contributed by atoms with Gasteiger partial charge in [-0.25, -0.2) is 13.2 Å². The predicted molar refractivity (Wildman–Crippen MR) is 68.0 cm³/mol. The largest absolute Gasteiger partial charge is 0.494 e. The smallest absolute Gasteiger partial charge is 0.251 e. The highest BCUT2D eigenvalue weighted by molar-refractivity contribution is 9.09. The Morgan fingerprint density at radius 1 is 1.39 bits per heavy atom. The maximum Gasteiger partial charge on any atom is 0.251 e. The predicted octanol–water partition coefficient (Wildman–Crippen LogP) is 3.30. The molecule has 1 aromatic rings. The molecule has 18 heavy (non-hydrogen) atoms. The molecule has 0 amide bonds. The first-order valence-corrected chi connectivity index (χ1v) is 6.58. The molecule has 0 atom stereocenters. The lowest BCUT2D eigenvalue weighted by Crippen LogP contribution is -2.30. The number of alkyl halides is 3. The van der Waals surface area contributed by atoms with E-state index in [9.17, 15) is 13.2 Å². The third kappa shape index (κ3) is 4.49. The van der Waals surface area contributed by atoms with Gasteiger partial charge in [0, 0.05) is 24.0 Å². The number of ether oxygens (including phenoxy) is 1. The van der Waals surface area contributed by atoms with Crippen LogP contribution in [0.4, 0.5) is 13.2 Å². The van der Waals surface area contributed by atoms with Crippen molar-refractivity contribution in [1.29, 1.82) is 0 Å². The minimum absolute atomic E-state index is 0.128. The van der Waals surface area contributed by atoms with Gasteiger partial charge in [-0.3, -0.25) is 4.90 Å². The molecule has 2 nitrogen and oxygen atoms in total. The number of rotatable bonds is 7. The molecule has 0 spiro atoms. The van der Waals surface area contributed by atoms with Gasteiger partial charge < -0.3 is 4.74 Å². The van der Waals surface area contributed by atoms with Crippen LogP contribution in [0.3, 0.4) is 0 Å². The summed E-state index contributed by atoms with van der Waals surface area (Å²) in [4.78, 5) is 1.50. The van der Waals surface area contributed by atoms with Gasteiger partial charge in [-0.1, -0.05) is 28.1 Å². The van der Waals surface area contributed by atoms with Gasteiger partial charge >= 0.3 is 0 Å². The van der Waals surface area contributed by atoms with Crippen molar-refractivity contribution in [1.82, 2.24) is 4.90 Å². The van der Waals surface area contributed by atoms with E-state index < -0.39 is 12.2 Å². The second-order valence-electron chi connectivity index (χ2n) is 3.75. The van der Waals surface area contributed by atoms with E-state index >= 15 is 0 Å². The van der Waals surface area contributed by atoms with Crippen LogP contribution in [0.5, 0.6) is 5.75 Å². The van der Waals surface area contributed by atoms with Crippen molar-refractivity contribution < 1.29 is 17.9 Å². The number of hydrogen-bond donors (Lipinski definition) is 0. The molecule has 0 N–H and O–H groups in total. The molecule has 0 saturated carbocycles. The van der Waals surface area contributed by atoms with E-state index in [4.69, 9.17) is 4.74 Å². The van der Waals surface area contributed by atoms with E-state index in [0.717, 1.165) is 0 Å². The van der Waals surface area contributed by atoms with Crippen LogP contribution in [-0.2, 0) is 6.54 Å². The lowest BCUT2D eigenvalue weighted by atomic mass is 10.2. The molecule has 0 aromatic heterocycles. The molecule has 0 radical (unpaired) electrons. The van der Waals surface area contributed by atoms with Crippen molar-refractivity contribution in [3.05, 3.63) is 29.6 Å². The minimum Gasteiger partial charge on any atom is -0.494 e. The number of methoxy groups -OCH3 is 1. The van der Waals surface area contributed by atoms with Gasteiger partial charge in [-0.2, -0.15) is 0 Å². The van der Waals surface area contributed by atoms with Crippen molar-refractivity contribution in [2.75, 3.05) is 25.5 Å². The Kier molecular flexibility index (Phi) is 6.49. The van der Waals surface area contributed by atoms with Crippen molar-refractivity contribution >= 4 is 15.9 Å². The summed E-state index contributed by atoms with van der Waals surface area (Å²) < 4.78 is 43.5. The van der Waals surface area contributed by atoms with Gasteiger partial charge in [0.15, 0.2) is 11.6 Å². The second kappa shape index (κ2) is 7.63. The topological polar surface area (TPSA) is 12.5 Å². The fraction of sp³-hybridized carbons (Fsp3) is 0.500. The van der Waals surface area contributed by atoms with Crippen LogP contribution in [0.2, 0.25) is 0 Å². The molecule has 1 rings (SSSR count). The van der Waals surface area contributed by atoms with Crippen molar-refractivity contribution in [2.24, 2.45) is 0 Å². The molecular weight excluding hydrogens is 311 g/mol. The average Bonchev–Trinajstić information content (AvgIpc) is 2.31. The highest BCUT2D eigenvalue weighted by Gasteiger charge is 2.15. The van der Waals surface area contributed by atoms with Gasteiger partial charge in [0.05, 0.1) is 13.7 Å². The summed E-state index contributed by atoms with van der Waals surface area (Å²) in [6, 6.07) is 4.72. The lowest BCUT2D eigenvalue weighted by molar-refractivity contribution is 0.0875. The Hall–Kier alpha value is -0.750. The van der Waals surface area contributed by atoms with Gasteiger partial charge in [0.1, 0.15) is 0 Å². The fourth-order valence-electron chi connectivity index (χ4n) is 1.63. The maximum absolute atomic E-state index is 13.9. The van der Waals surface area contributed by atoms with E-state index in [2.05, 4.69) is 15.9 Å². The first-order valence-electron chi connectivity index (χ1n) is 5.46. The molecule has 0 fully saturated rings. The standard InChI is InChI=1S/C12H15BrF3NO/c1-18-10-4-2-3-9(12(10)16)7-17(6-5-13)8-11(14)15/h2-4,11H,5-8H2,1H3. The average molecular weight is 326 g/mol. The van der Waals surface area contributed by atoms with Crippen LogP contribution in [-0.4, -0.2) is 36.9 Å². The summed E-state index contributed by atoms with van der Waals surface area (Å²) in [5, 5.41) is 0.561. The van der Waals surface area contributed by atoms with Gasteiger partial charge in [-0.15, -0.1) is 0 Å². The van der Waals surface area contributed by atoms with Gasteiger partial charge in [0.2, 0.25) is 0 Å². The van der Waals surface area contributed by atoms with Crippen LogP contribution >= 0.6 is 15.9 Å². The zero-order chi connectivity index (χ0) is 13.5. The number of benzene rings is 1. The molecule has 102 valence electrons. The molecule has 0 aliphatic heterocycles. The third-order valence-corrected chi connectivity index (χ3v) is 2.81. The number of nitrogens with zero attached hydrogens (tertiary/aromatic N) is 1. The monoisotopic (exact) mass is 325 g/mol. The summed E-state index contributed by atoms with van der Waals surface area (Å²) in [5.41, 5.74) is 0.357. The quantitative estimate of drug-likeness (QED) is 0.713. The van der Waals surface area contributed by atoms with Crippen LogP contribution in [0.1, 0.15) is 5.56 Å². The molecule has 1 aromatic carbocycles. The Bertz CT molecular complexity index is 376. The van der Waals surface area contributed by atoms with E-state index in [1.807, 2.05) is 0 Å². The van der Waals surface area contributed by atoms with E-state index in [-0.39, 0.29) is 18.8 Å². The fourth-order valence-corrected chi connectivity index (χ4v) is 2.13. The van der Waals surface area contributed by atoms with Crippen LogP contribution < -0.4 is 4.74 Å². The highest BCUT2D eigenvalue weighted by Crippen LogP contribution is 2.21. The number of hydrogen-bond acceptors (Lipinski definition) is 2. The molecule has 0 aliphatic carbocycles. The Balaban J connectivity index is 2.79. The highest BCUT2D eigenvalue weighted by atomic mass is 79.9. The van der Waals surface area contributed by atoms with E-state index in [1.165, 1.54) is 18.1 Å². The Labute approximate surface area is 113 Å². The number of halogens is 4. The van der Waals surface area contributed by atoms with E-state index in [0.29, 0.717) is 17.4 Å². The summed E-state index contributed by atoms with van der Waals surface area (Å²) in [7, 11) is 1.37. The van der Waals surface area contributed by atoms with Crippen molar-refractivity contribution in [3.8, 4) is 5.75 Å². The van der Waals surface area contributed by atoms with Gasteiger partial charge in [0.25, 0.3) is 6.43 Å². The maximum atomic E-state index is 13.9.